The second kappa shape index (κ2) is 5.50. The summed E-state index contributed by atoms with van der Waals surface area (Å²) >= 11 is 0. The Morgan fingerprint density at radius 3 is 3.00 bits per heavy atom. The van der Waals surface area contributed by atoms with Gasteiger partial charge >= 0.3 is 0 Å². The molecule has 0 fully saturated rings. The van der Waals surface area contributed by atoms with Crippen molar-refractivity contribution in [2.45, 2.75) is 6.42 Å². The van der Waals surface area contributed by atoms with Crippen LogP contribution in [0.3, 0.4) is 0 Å². The zero-order valence-electron chi connectivity index (χ0n) is 7.77. The molecule has 0 aliphatic carbocycles. The SMILES string of the molecule is N#CCC(=O)NN=Cc1ccccc1F. The predicted octanol–water partition coefficient (Wildman–Crippen LogP) is 1.19. The molecule has 0 aliphatic rings. The van der Waals surface area contributed by atoms with Crippen LogP contribution in [0.4, 0.5) is 4.39 Å². The Morgan fingerprint density at radius 2 is 2.33 bits per heavy atom. The molecule has 0 spiro atoms. The Labute approximate surface area is 86.0 Å². The van der Waals surface area contributed by atoms with E-state index in [1.165, 1.54) is 18.3 Å². The smallest absolute Gasteiger partial charge is 0.254 e. The van der Waals surface area contributed by atoms with E-state index in [0.29, 0.717) is 0 Å². The molecule has 5 heteroatoms. The number of nitrogens with one attached hydrogen (secondary N) is 1. The maximum absolute atomic E-state index is 13.0. The first kappa shape index (κ1) is 10.9. The number of hydrazone groups is 1. The average Bonchev–Trinajstić information content (AvgIpc) is 2.21. The van der Waals surface area contributed by atoms with Crippen molar-refractivity contribution in [3.05, 3.63) is 35.6 Å². The first-order valence-corrected chi connectivity index (χ1v) is 4.17. The number of carbonyl (C=O) groups is 1. The highest BCUT2D eigenvalue weighted by molar-refractivity contribution is 5.83. The van der Waals surface area contributed by atoms with Gasteiger partial charge in [0.25, 0.3) is 5.91 Å². The molecule has 1 aromatic rings. The summed E-state index contributed by atoms with van der Waals surface area (Å²) in [5.41, 5.74) is 2.37. The van der Waals surface area contributed by atoms with Crippen molar-refractivity contribution >= 4 is 12.1 Å². The summed E-state index contributed by atoms with van der Waals surface area (Å²) < 4.78 is 13.0. The Kier molecular flexibility index (Phi) is 3.98. The highest BCUT2D eigenvalue weighted by Crippen LogP contribution is 2.02. The molecule has 0 atom stereocenters. The molecule has 0 unspecified atom stereocenters. The van der Waals surface area contributed by atoms with E-state index >= 15 is 0 Å². The van der Waals surface area contributed by atoms with Gasteiger partial charge in [-0.2, -0.15) is 10.4 Å². The van der Waals surface area contributed by atoms with Gasteiger partial charge in [-0.3, -0.25) is 4.79 Å². The highest BCUT2D eigenvalue weighted by Gasteiger charge is 1.97. The fourth-order valence-electron chi connectivity index (χ4n) is 0.865. The lowest BCUT2D eigenvalue weighted by molar-refractivity contribution is -0.120. The summed E-state index contributed by atoms with van der Waals surface area (Å²) in [7, 11) is 0. The van der Waals surface area contributed by atoms with Crippen molar-refractivity contribution in [3.63, 3.8) is 0 Å². The first-order chi connectivity index (χ1) is 7.24. The lowest BCUT2D eigenvalue weighted by atomic mass is 10.2. The molecule has 0 aromatic heterocycles. The number of hydrogen-bond donors (Lipinski definition) is 1. The third-order valence-electron chi connectivity index (χ3n) is 1.54. The van der Waals surface area contributed by atoms with E-state index in [-0.39, 0.29) is 12.0 Å². The third-order valence-corrected chi connectivity index (χ3v) is 1.54. The number of halogens is 1. The zero-order chi connectivity index (χ0) is 11.1. The van der Waals surface area contributed by atoms with E-state index in [9.17, 15) is 9.18 Å². The fraction of sp³-hybridized carbons (Fsp3) is 0.100. The van der Waals surface area contributed by atoms with Crippen molar-refractivity contribution in [2.75, 3.05) is 0 Å². The van der Waals surface area contributed by atoms with Gasteiger partial charge in [-0.05, 0) is 6.07 Å². The van der Waals surface area contributed by atoms with Crippen LogP contribution in [0.5, 0.6) is 0 Å². The highest BCUT2D eigenvalue weighted by atomic mass is 19.1. The molecular weight excluding hydrogens is 197 g/mol. The summed E-state index contributed by atoms with van der Waals surface area (Å²) in [6, 6.07) is 7.69. The topological polar surface area (TPSA) is 65.2 Å². The van der Waals surface area contributed by atoms with Gasteiger partial charge in [-0.25, -0.2) is 9.82 Å². The Morgan fingerprint density at radius 1 is 1.60 bits per heavy atom. The second-order valence-electron chi connectivity index (χ2n) is 2.65. The summed E-state index contributed by atoms with van der Waals surface area (Å²) in [4.78, 5) is 10.8. The van der Waals surface area contributed by atoms with Gasteiger partial charge in [0.05, 0.1) is 12.3 Å². The van der Waals surface area contributed by atoms with E-state index in [1.54, 1.807) is 18.2 Å². The molecule has 15 heavy (non-hydrogen) atoms. The van der Waals surface area contributed by atoms with E-state index in [4.69, 9.17) is 5.26 Å². The molecule has 0 bridgehead atoms. The molecule has 1 amide bonds. The molecule has 1 N–H and O–H groups in total. The van der Waals surface area contributed by atoms with Crippen LogP contribution >= 0.6 is 0 Å². The van der Waals surface area contributed by atoms with Crippen LogP contribution in [0.15, 0.2) is 29.4 Å². The van der Waals surface area contributed by atoms with Crippen LogP contribution in [0.2, 0.25) is 0 Å². The molecule has 1 rings (SSSR count). The lowest BCUT2D eigenvalue weighted by Crippen LogP contribution is -2.16. The monoisotopic (exact) mass is 205 g/mol. The normalized spacial score (nSPS) is 9.87. The first-order valence-electron chi connectivity index (χ1n) is 4.17. The summed E-state index contributed by atoms with van der Waals surface area (Å²) in [6.07, 6.45) is 0.916. The van der Waals surface area contributed by atoms with Gasteiger partial charge in [0, 0.05) is 5.56 Å². The van der Waals surface area contributed by atoms with Crippen LogP contribution in [0, 0.1) is 17.1 Å². The molecular formula is C10H8FN3O. The molecule has 0 aliphatic heterocycles. The molecule has 4 nitrogen and oxygen atoms in total. The Balaban J connectivity index is 2.56. The van der Waals surface area contributed by atoms with E-state index < -0.39 is 11.7 Å². The average molecular weight is 205 g/mol. The van der Waals surface area contributed by atoms with Gasteiger partial charge in [0.1, 0.15) is 12.2 Å². The number of nitrogens with zero attached hydrogens (tertiary/aromatic N) is 2. The number of amides is 1. The zero-order valence-corrected chi connectivity index (χ0v) is 7.77. The van der Waals surface area contributed by atoms with Crippen molar-refractivity contribution in [1.82, 2.24) is 5.43 Å². The van der Waals surface area contributed by atoms with Gasteiger partial charge in [-0.15, -0.1) is 0 Å². The number of carbonyl (C=O) groups excluding carboxylic acids is 1. The number of benzene rings is 1. The molecule has 0 saturated carbocycles. The van der Waals surface area contributed by atoms with Crippen LogP contribution in [-0.2, 0) is 4.79 Å². The minimum absolute atomic E-state index is 0.269. The molecule has 0 radical (unpaired) electrons. The molecule has 1 aromatic carbocycles. The van der Waals surface area contributed by atoms with Crippen molar-refractivity contribution in [3.8, 4) is 6.07 Å². The summed E-state index contributed by atoms with van der Waals surface area (Å²) in [6.45, 7) is 0. The van der Waals surface area contributed by atoms with E-state index in [0.717, 1.165) is 0 Å². The van der Waals surface area contributed by atoms with Crippen molar-refractivity contribution in [2.24, 2.45) is 5.10 Å². The van der Waals surface area contributed by atoms with Crippen LogP contribution in [-0.4, -0.2) is 12.1 Å². The van der Waals surface area contributed by atoms with Crippen LogP contribution < -0.4 is 5.43 Å². The lowest BCUT2D eigenvalue weighted by Gasteiger charge is -1.95. The standard InChI is InChI=1S/C10H8FN3O/c11-9-4-2-1-3-8(9)7-13-14-10(15)5-6-12/h1-4,7H,5H2,(H,14,15). The van der Waals surface area contributed by atoms with Crippen LogP contribution in [0.1, 0.15) is 12.0 Å². The number of rotatable bonds is 3. The molecule has 0 heterocycles. The maximum Gasteiger partial charge on any atom is 0.254 e. The van der Waals surface area contributed by atoms with Gasteiger partial charge in [0.2, 0.25) is 0 Å². The minimum atomic E-state index is -0.523. The Bertz CT molecular complexity index is 423. The summed E-state index contributed by atoms with van der Waals surface area (Å²) in [5, 5.41) is 11.7. The van der Waals surface area contributed by atoms with Crippen LogP contribution in [0.25, 0.3) is 0 Å². The van der Waals surface area contributed by atoms with E-state index in [1.807, 2.05) is 0 Å². The Hall–Kier alpha value is -2.22. The summed E-state index contributed by atoms with van der Waals surface area (Å²) in [5.74, 6) is -0.944. The van der Waals surface area contributed by atoms with Gasteiger partial charge < -0.3 is 0 Å². The minimum Gasteiger partial charge on any atom is -0.272 e. The van der Waals surface area contributed by atoms with Crippen molar-refractivity contribution < 1.29 is 9.18 Å². The predicted molar refractivity (Wildman–Crippen MR) is 52.4 cm³/mol. The largest absolute Gasteiger partial charge is 0.272 e. The van der Waals surface area contributed by atoms with Crippen molar-refractivity contribution in [1.29, 1.82) is 5.26 Å². The second-order valence-corrected chi connectivity index (χ2v) is 2.65. The molecule has 76 valence electrons. The van der Waals surface area contributed by atoms with Gasteiger partial charge in [0.15, 0.2) is 0 Å². The maximum atomic E-state index is 13.0. The fourth-order valence-corrected chi connectivity index (χ4v) is 0.865. The number of nitriles is 1. The number of hydrogen-bond acceptors (Lipinski definition) is 3. The molecule has 0 saturated heterocycles. The van der Waals surface area contributed by atoms with E-state index in [2.05, 4.69) is 10.5 Å². The quantitative estimate of drug-likeness (QED) is 0.595. The third kappa shape index (κ3) is 3.56. The van der Waals surface area contributed by atoms with Gasteiger partial charge in [-0.1, -0.05) is 18.2 Å².